The zero-order chi connectivity index (χ0) is 16.2. The normalized spacial score (nSPS) is 10.3. The van der Waals surface area contributed by atoms with Crippen LogP contribution in [-0.2, 0) is 0 Å². The molecule has 3 N–H and O–H groups in total. The minimum Gasteiger partial charge on any atom is -0.493 e. The molecule has 0 fully saturated rings. The van der Waals surface area contributed by atoms with Crippen LogP contribution in [0.2, 0.25) is 0 Å². The summed E-state index contributed by atoms with van der Waals surface area (Å²) in [7, 11) is 3.10. The number of carbonyl (C=O) groups excluding carboxylic acids is 1. The molecule has 0 atom stereocenters. The van der Waals surface area contributed by atoms with Crippen LogP contribution in [0, 0.1) is 0 Å². The number of hydrogen-bond acceptors (Lipinski definition) is 4. The van der Waals surface area contributed by atoms with Crippen molar-refractivity contribution < 1.29 is 14.3 Å². The number of nitrogens with zero attached hydrogens (tertiary/aromatic N) is 1. The van der Waals surface area contributed by atoms with Crippen LogP contribution in [0.3, 0.4) is 0 Å². The maximum atomic E-state index is 12.3. The molecule has 7 heteroatoms. The van der Waals surface area contributed by atoms with Gasteiger partial charge in [-0.3, -0.25) is 9.89 Å². The molecule has 0 saturated carbocycles. The molecule has 0 aliphatic heterocycles. The van der Waals surface area contributed by atoms with Crippen molar-refractivity contribution in [1.29, 1.82) is 0 Å². The standard InChI is InChI=1S/C16H16N4O3/c1-22-14-6-5-10(8-15(14)23-2)18-16(21)13-9-12(19-20-13)11-4-3-7-17-11/h3-9,17H,1-2H3,(H,18,21)(H,19,20). The molecule has 0 saturated heterocycles. The maximum Gasteiger partial charge on any atom is 0.273 e. The molecule has 0 bridgehead atoms. The van der Waals surface area contributed by atoms with Crippen LogP contribution in [0.5, 0.6) is 11.5 Å². The Morgan fingerprint density at radius 2 is 1.96 bits per heavy atom. The Morgan fingerprint density at radius 1 is 1.13 bits per heavy atom. The number of rotatable bonds is 5. The molecule has 3 rings (SSSR count). The molecular weight excluding hydrogens is 296 g/mol. The first kappa shape index (κ1) is 14.7. The van der Waals surface area contributed by atoms with Crippen LogP contribution in [0.4, 0.5) is 5.69 Å². The zero-order valence-electron chi connectivity index (χ0n) is 12.7. The third-order valence-electron chi connectivity index (χ3n) is 3.34. The van der Waals surface area contributed by atoms with Crippen LogP contribution >= 0.6 is 0 Å². The van der Waals surface area contributed by atoms with E-state index in [9.17, 15) is 4.79 Å². The third kappa shape index (κ3) is 3.03. The lowest BCUT2D eigenvalue weighted by molar-refractivity contribution is 0.102. The molecular formula is C16H16N4O3. The average Bonchev–Trinajstić information content (AvgIpc) is 3.25. The summed E-state index contributed by atoms with van der Waals surface area (Å²) < 4.78 is 10.4. The van der Waals surface area contributed by atoms with Crippen LogP contribution in [0.25, 0.3) is 11.4 Å². The van der Waals surface area contributed by atoms with Gasteiger partial charge in [0.1, 0.15) is 11.4 Å². The van der Waals surface area contributed by atoms with Gasteiger partial charge in [0.2, 0.25) is 0 Å². The van der Waals surface area contributed by atoms with Gasteiger partial charge in [0.05, 0.1) is 19.9 Å². The minimum absolute atomic E-state index is 0.289. The van der Waals surface area contributed by atoms with E-state index in [4.69, 9.17) is 9.47 Å². The van der Waals surface area contributed by atoms with E-state index in [0.29, 0.717) is 28.6 Å². The van der Waals surface area contributed by atoms with Crippen LogP contribution in [0.15, 0.2) is 42.6 Å². The Bertz CT molecular complexity index is 809. The summed E-state index contributed by atoms with van der Waals surface area (Å²) in [5, 5.41) is 9.63. The van der Waals surface area contributed by atoms with Crippen molar-refractivity contribution in [1.82, 2.24) is 15.2 Å². The Labute approximate surface area is 132 Å². The fourth-order valence-electron chi connectivity index (χ4n) is 2.18. The second-order valence-electron chi connectivity index (χ2n) is 4.77. The Balaban J connectivity index is 1.77. The summed E-state index contributed by atoms with van der Waals surface area (Å²) in [6.45, 7) is 0. The van der Waals surface area contributed by atoms with Gasteiger partial charge < -0.3 is 19.8 Å². The summed E-state index contributed by atoms with van der Waals surface area (Å²) in [6.07, 6.45) is 1.80. The average molecular weight is 312 g/mol. The molecule has 23 heavy (non-hydrogen) atoms. The van der Waals surface area contributed by atoms with E-state index >= 15 is 0 Å². The maximum absolute atomic E-state index is 12.3. The highest BCUT2D eigenvalue weighted by Gasteiger charge is 2.13. The summed E-state index contributed by atoms with van der Waals surface area (Å²) in [5.41, 5.74) is 2.48. The van der Waals surface area contributed by atoms with Crippen LogP contribution < -0.4 is 14.8 Å². The van der Waals surface area contributed by atoms with E-state index < -0.39 is 0 Å². The van der Waals surface area contributed by atoms with Gasteiger partial charge in [0, 0.05) is 18.0 Å². The lowest BCUT2D eigenvalue weighted by atomic mass is 10.2. The zero-order valence-corrected chi connectivity index (χ0v) is 12.7. The van der Waals surface area contributed by atoms with Crippen molar-refractivity contribution in [2.24, 2.45) is 0 Å². The van der Waals surface area contributed by atoms with Gasteiger partial charge in [0.15, 0.2) is 11.5 Å². The summed E-state index contributed by atoms with van der Waals surface area (Å²) in [4.78, 5) is 15.3. The monoisotopic (exact) mass is 312 g/mol. The summed E-state index contributed by atoms with van der Waals surface area (Å²) in [6, 6.07) is 10.6. The highest BCUT2D eigenvalue weighted by Crippen LogP contribution is 2.29. The fourth-order valence-corrected chi connectivity index (χ4v) is 2.18. The Morgan fingerprint density at radius 3 is 2.65 bits per heavy atom. The SMILES string of the molecule is COc1ccc(NC(=O)c2cc(-c3ccc[nH]3)n[nH]2)cc1OC. The second kappa shape index (κ2) is 6.27. The van der Waals surface area contributed by atoms with Crippen molar-refractivity contribution in [3.05, 3.63) is 48.3 Å². The highest BCUT2D eigenvalue weighted by molar-refractivity contribution is 6.03. The molecule has 3 aromatic rings. The second-order valence-corrected chi connectivity index (χ2v) is 4.77. The number of benzene rings is 1. The molecule has 118 valence electrons. The number of nitrogens with one attached hydrogen (secondary N) is 3. The van der Waals surface area contributed by atoms with Crippen molar-refractivity contribution in [2.45, 2.75) is 0 Å². The van der Waals surface area contributed by atoms with Crippen molar-refractivity contribution in [2.75, 3.05) is 19.5 Å². The van der Waals surface area contributed by atoms with Crippen molar-refractivity contribution in [3.8, 4) is 22.9 Å². The summed E-state index contributed by atoms with van der Waals surface area (Å²) in [5.74, 6) is 0.852. The van der Waals surface area contributed by atoms with Gasteiger partial charge in [-0.2, -0.15) is 5.10 Å². The van der Waals surface area contributed by atoms with E-state index in [0.717, 1.165) is 5.69 Å². The lowest BCUT2D eigenvalue weighted by Crippen LogP contribution is -2.12. The first-order chi connectivity index (χ1) is 11.2. The number of aromatic nitrogens is 3. The number of aromatic amines is 2. The van der Waals surface area contributed by atoms with E-state index in [2.05, 4.69) is 20.5 Å². The van der Waals surface area contributed by atoms with Crippen LogP contribution in [0.1, 0.15) is 10.5 Å². The van der Waals surface area contributed by atoms with Gasteiger partial charge in [-0.1, -0.05) is 0 Å². The molecule has 0 unspecified atom stereocenters. The van der Waals surface area contributed by atoms with E-state index in [1.165, 1.54) is 0 Å². The predicted octanol–water partition coefficient (Wildman–Crippen LogP) is 2.67. The largest absolute Gasteiger partial charge is 0.493 e. The molecule has 2 heterocycles. The number of H-pyrrole nitrogens is 2. The molecule has 1 amide bonds. The number of carbonyl (C=O) groups is 1. The molecule has 2 aromatic heterocycles. The smallest absolute Gasteiger partial charge is 0.273 e. The molecule has 0 radical (unpaired) electrons. The topological polar surface area (TPSA) is 92.0 Å². The van der Waals surface area contributed by atoms with E-state index in [-0.39, 0.29) is 5.91 Å². The number of amides is 1. The van der Waals surface area contributed by atoms with Crippen LogP contribution in [-0.4, -0.2) is 35.3 Å². The number of anilines is 1. The summed E-state index contributed by atoms with van der Waals surface area (Å²) >= 11 is 0. The van der Waals surface area contributed by atoms with E-state index in [1.807, 2.05) is 12.1 Å². The van der Waals surface area contributed by atoms with Gasteiger partial charge in [-0.25, -0.2) is 0 Å². The molecule has 0 aliphatic rings. The molecule has 0 spiro atoms. The van der Waals surface area contributed by atoms with E-state index in [1.54, 1.807) is 44.7 Å². The first-order valence-corrected chi connectivity index (χ1v) is 6.94. The van der Waals surface area contributed by atoms with Gasteiger partial charge >= 0.3 is 0 Å². The fraction of sp³-hybridized carbons (Fsp3) is 0.125. The molecule has 7 nitrogen and oxygen atoms in total. The van der Waals surface area contributed by atoms with Gasteiger partial charge in [-0.05, 0) is 30.3 Å². The minimum atomic E-state index is -0.289. The van der Waals surface area contributed by atoms with Gasteiger partial charge in [-0.15, -0.1) is 0 Å². The van der Waals surface area contributed by atoms with Gasteiger partial charge in [0.25, 0.3) is 5.91 Å². The molecule has 0 aliphatic carbocycles. The molecule has 1 aromatic carbocycles. The first-order valence-electron chi connectivity index (χ1n) is 6.94. The predicted molar refractivity (Wildman–Crippen MR) is 85.9 cm³/mol. The number of hydrogen-bond donors (Lipinski definition) is 3. The van der Waals surface area contributed by atoms with Crippen molar-refractivity contribution >= 4 is 11.6 Å². The third-order valence-corrected chi connectivity index (χ3v) is 3.34. The number of ether oxygens (including phenoxy) is 2. The van der Waals surface area contributed by atoms with Crippen molar-refractivity contribution in [3.63, 3.8) is 0 Å². The Kier molecular flexibility index (Phi) is 4.01. The lowest BCUT2D eigenvalue weighted by Gasteiger charge is -2.10. The highest BCUT2D eigenvalue weighted by atomic mass is 16.5. The quantitative estimate of drug-likeness (QED) is 0.675. The number of methoxy groups -OCH3 is 2. The Hall–Kier alpha value is -3.22.